The zero-order valence-electron chi connectivity index (χ0n) is 9.59. The van der Waals surface area contributed by atoms with Gasteiger partial charge in [0.05, 0.1) is 18.4 Å². The van der Waals surface area contributed by atoms with Gasteiger partial charge in [0, 0.05) is 13.1 Å². The molecule has 1 amide bonds. The van der Waals surface area contributed by atoms with E-state index in [-0.39, 0.29) is 11.8 Å². The van der Waals surface area contributed by atoms with E-state index in [1.54, 1.807) is 4.90 Å². The molecule has 0 radical (unpaired) electrons. The van der Waals surface area contributed by atoms with Crippen molar-refractivity contribution in [1.29, 1.82) is 0 Å². The van der Waals surface area contributed by atoms with Crippen LogP contribution >= 0.6 is 0 Å². The molecule has 2 heterocycles. The van der Waals surface area contributed by atoms with Crippen molar-refractivity contribution in [2.24, 2.45) is 0 Å². The highest BCUT2D eigenvalue weighted by Crippen LogP contribution is 2.26. The normalized spacial score (nSPS) is 18.3. The fraction of sp³-hybridized carbons (Fsp3) is 0.600. The molecule has 0 aliphatic carbocycles. The zero-order chi connectivity index (χ0) is 13.3. The Morgan fingerprint density at radius 3 is 2.78 bits per heavy atom. The molecule has 1 aromatic rings. The predicted molar refractivity (Wildman–Crippen MR) is 55.0 cm³/mol. The van der Waals surface area contributed by atoms with Crippen LogP contribution < -0.4 is 4.74 Å². The highest BCUT2D eigenvalue weighted by molar-refractivity contribution is 5.48. The minimum atomic E-state index is -4.40. The van der Waals surface area contributed by atoms with Gasteiger partial charge in [0.1, 0.15) is 0 Å². The lowest BCUT2D eigenvalue weighted by Gasteiger charge is -2.36. The fourth-order valence-corrected chi connectivity index (χ4v) is 1.59. The molecule has 0 aromatic carbocycles. The molecular weight excluding hydrogens is 251 g/mol. The zero-order valence-corrected chi connectivity index (χ0v) is 9.59. The summed E-state index contributed by atoms with van der Waals surface area (Å²) < 4.78 is 43.1. The second kappa shape index (κ2) is 4.51. The molecule has 1 aromatic heterocycles. The van der Waals surface area contributed by atoms with Crippen molar-refractivity contribution in [3.8, 4) is 5.75 Å². The fourth-order valence-electron chi connectivity index (χ4n) is 1.59. The number of aromatic nitrogens is 2. The van der Waals surface area contributed by atoms with E-state index in [1.165, 1.54) is 17.1 Å². The molecule has 0 bridgehead atoms. The van der Waals surface area contributed by atoms with Gasteiger partial charge >= 0.3 is 6.18 Å². The summed E-state index contributed by atoms with van der Waals surface area (Å²) in [5, 5.41) is 3.92. The third-order valence-corrected chi connectivity index (χ3v) is 2.77. The van der Waals surface area contributed by atoms with E-state index in [0.29, 0.717) is 13.1 Å². The first-order valence-corrected chi connectivity index (χ1v) is 5.37. The molecule has 1 saturated heterocycles. The van der Waals surface area contributed by atoms with Gasteiger partial charge in [-0.1, -0.05) is 0 Å². The first kappa shape index (κ1) is 12.7. The Hall–Kier alpha value is -1.73. The lowest BCUT2D eigenvalue weighted by atomic mass is 10.1. The maximum absolute atomic E-state index is 12.3. The highest BCUT2D eigenvalue weighted by atomic mass is 19.4. The summed E-state index contributed by atoms with van der Waals surface area (Å²) in [5.74, 6) is 0.0735. The molecule has 1 atom stereocenters. The van der Waals surface area contributed by atoms with Crippen LogP contribution in [0.4, 0.5) is 13.2 Å². The average molecular weight is 263 g/mol. The quantitative estimate of drug-likeness (QED) is 0.767. The average Bonchev–Trinajstić information content (AvgIpc) is 2.63. The van der Waals surface area contributed by atoms with Gasteiger partial charge in [-0.15, -0.1) is 0 Å². The van der Waals surface area contributed by atoms with E-state index in [1.807, 2.05) is 0 Å². The molecule has 0 N–H and O–H groups in total. The Bertz CT molecular complexity index is 426. The number of halogens is 3. The van der Waals surface area contributed by atoms with Crippen molar-refractivity contribution in [3.63, 3.8) is 0 Å². The van der Waals surface area contributed by atoms with Crippen LogP contribution in [0.3, 0.4) is 0 Å². The third-order valence-electron chi connectivity index (χ3n) is 2.77. The number of hydrogen-bond donors (Lipinski definition) is 0. The van der Waals surface area contributed by atoms with E-state index in [0.717, 1.165) is 13.3 Å². The van der Waals surface area contributed by atoms with Crippen LogP contribution in [0.2, 0.25) is 0 Å². The third kappa shape index (κ3) is 2.57. The topological polar surface area (TPSA) is 47.4 Å². The highest BCUT2D eigenvalue weighted by Gasteiger charge is 2.38. The summed E-state index contributed by atoms with van der Waals surface area (Å²) in [6.07, 6.45) is -2.89. The summed E-state index contributed by atoms with van der Waals surface area (Å²) in [7, 11) is 0. The number of rotatable bonds is 4. The maximum atomic E-state index is 12.3. The number of carbonyl (C=O) groups excluding carboxylic acids is 1. The summed E-state index contributed by atoms with van der Waals surface area (Å²) >= 11 is 0. The van der Waals surface area contributed by atoms with E-state index < -0.39 is 12.3 Å². The van der Waals surface area contributed by atoms with Crippen LogP contribution in [0.25, 0.3) is 0 Å². The lowest BCUT2D eigenvalue weighted by Crippen LogP contribution is -2.46. The minimum absolute atomic E-state index is 0.00810. The monoisotopic (exact) mass is 263 g/mol. The second-order valence-electron chi connectivity index (χ2n) is 4.17. The molecule has 0 spiro atoms. The van der Waals surface area contributed by atoms with Gasteiger partial charge in [-0.3, -0.25) is 9.48 Å². The first-order chi connectivity index (χ1) is 8.40. The van der Waals surface area contributed by atoms with Crippen LogP contribution in [0.5, 0.6) is 5.75 Å². The number of nitrogens with zero attached hydrogens (tertiary/aromatic N) is 3. The van der Waals surface area contributed by atoms with Gasteiger partial charge in [0.2, 0.25) is 6.41 Å². The molecule has 1 fully saturated rings. The second-order valence-corrected chi connectivity index (χ2v) is 4.17. The van der Waals surface area contributed by atoms with Gasteiger partial charge in [-0.05, 0) is 6.92 Å². The van der Waals surface area contributed by atoms with E-state index in [2.05, 4.69) is 5.10 Å². The Labute approximate surface area is 101 Å². The Kier molecular flexibility index (Phi) is 3.18. The molecule has 5 nitrogen and oxygen atoms in total. The number of hydrogen-bond acceptors (Lipinski definition) is 3. The maximum Gasteiger partial charge on any atom is 0.425 e. The van der Waals surface area contributed by atoms with Crippen molar-refractivity contribution in [3.05, 3.63) is 12.4 Å². The Morgan fingerprint density at radius 1 is 1.56 bits per heavy atom. The molecule has 0 saturated carbocycles. The molecule has 8 heteroatoms. The van der Waals surface area contributed by atoms with Crippen LogP contribution in [0.1, 0.15) is 13.0 Å². The molecule has 100 valence electrons. The van der Waals surface area contributed by atoms with Gasteiger partial charge in [-0.25, -0.2) is 0 Å². The minimum Gasteiger partial charge on any atom is -0.478 e. The predicted octanol–water partition coefficient (Wildman–Crippen LogP) is 1.23. The molecule has 1 unspecified atom stereocenters. The van der Waals surface area contributed by atoms with Crippen molar-refractivity contribution in [2.45, 2.75) is 25.2 Å². The smallest absolute Gasteiger partial charge is 0.425 e. The largest absolute Gasteiger partial charge is 0.478 e. The van der Waals surface area contributed by atoms with Crippen LogP contribution in [0.15, 0.2) is 12.4 Å². The molecule has 1 aliphatic heterocycles. The van der Waals surface area contributed by atoms with E-state index in [9.17, 15) is 18.0 Å². The van der Waals surface area contributed by atoms with Crippen molar-refractivity contribution in [2.75, 3.05) is 13.1 Å². The van der Waals surface area contributed by atoms with E-state index in [4.69, 9.17) is 4.74 Å². The van der Waals surface area contributed by atoms with Crippen LogP contribution in [-0.2, 0) is 4.79 Å². The van der Waals surface area contributed by atoms with Gasteiger partial charge in [-0.2, -0.15) is 18.3 Å². The number of amides is 1. The lowest BCUT2D eigenvalue weighted by molar-refractivity contribution is -0.189. The first-order valence-electron chi connectivity index (χ1n) is 5.37. The van der Waals surface area contributed by atoms with Gasteiger partial charge in [0.15, 0.2) is 11.9 Å². The number of likely N-dealkylation sites (tertiary alicyclic amines) is 1. The van der Waals surface area contributed by atoms with E-state index >= 15 is 0 Å². The van der Waals surface area contributed by atoms with Crippen LogP contribution in [-0.4, -0.2) is 46.5 Å². The van der Waals surface area contributed by atoms with Crippen LogP contribution in [0, 0.1) is 0 Å². The van der Waals surface area contributed by atoms with Gasteiger partial charge < -0.3 is 9.64 Å². The summed E-state index contributed by atoms with van der Waals surface area (Å²) in [6, 6.07) is 0.00810. The molecule has 2 rings (SSSR count). The summed E-state index contributed by atoms with van der Waals surface area (Å²) in [6.45, 7) is 1.97. The van der Waals surface area contributed by atoms with Crippen molar-refractivity contribution in [1.82, 2.24) is 14.7 Å². The summed E-state index contributed by atoms with van der Waals surface area (Å²) in [5.41, 5.74) is 0. The molecule has 18 heavy (non-hydrogen) atoms. The molecular formula is C10H12F3N3O2. The van der Waals surface area contributed by atoms with Crippen molar-refractivity contribution < 1.29 is 22.7 Å². The number of carbonyl (C=O) groups is 1. The number of ether oxygens (including phenoxy) is 1. The number of alkyl halides is 3. The van der Waals surface area contributed by atoms with Gasteiger partial charge in [0.25, 0.3) is 0 Å². The SMILES string of the molecule is CC(Oc1cnn(C2CN(C=O)C2)c1)C(F)(F)F. The Morgan fingerprint density at radius 2 is 2.22 bits per heavy atom. The molecule has 1 aliphatic rings. The summed E-state index contributed by atoms with van der Waals surface area (Å²) in [4.78, 5) is 11.9. The van der Waals surface area contributed by atoms with Crippen molar-refractivity contribution >= 4 is 6.41 Å². The Balaban J connectivity index is 1.93. The standard InChI is InChI=1S/C10H12F3N3O2/c1-7(10(11,12)13)18-9-2-14-16(5-9)8-3-15(4-8)6-17/h2,5-8H,3-4H2,1H3.